The Morgan fingerprint density at radius 1 is 1.43 bits per heavy atom. The largest absolute Gasteiger partial charge is 0.270 e. The molecule has 3 heteroatoms. The third-order valence-corrected chi connectivity index (χ3v) is 1.49. The highest BCUT2D eigenvalue weighted by Gasteiger charge is 1.88. The van der Waals surface area contributed by atoms with Gasteiger partial charge in [-0.25, -0.2) is 0 Å². The molecule has 14 heavy (non-hydrogen) atoms. The Balaban J connectivity index is 2.14. The second-order valence-electron chi connectivity index (χ2n) is 2.57. The lowest BCUT2D eigenvalue weighted by molar-refractivity contribution is 0.0744. The van der Waals surface area contributed by atoms with E-state index in [4.69, 9.17) is 11.3 Å². The summed E-state index contributed by atoms with van der Waals surface area (Å²) in [6, 6.07) is 9.86. The molecule has 3 nitrogen and oxygen atoms in total. The van der Waals surface area contributed by atoms with Crippen LogP contribution in [0.1, 0.15) is 5.56 Å². The normalized spacial score (nSPS) is 9.93. The van der Waals surface area contributed by atoms with Crippen LogP contribution in [0.15, 0.2) is 35.3 Å². The maximum absolute atomic E-state index is 5.10. The topological polar surface area (TPSA) is 33.6 Å². The van der Waals surface area contributed by atoms with E-state index in [1.54, 1.807) is 0 Å². The molecule has 0 aromatic heterocycles. The number of terminal acetylenes is 1. The summed E-state index contributed by atoms with van der Waals surface area (Å²) in [6.45, 7) is 0.866. The number of aliphatic imine (C=N–C) groups is 1. The molecule has 0 bridgehead atoms. The van der Waals surface area contributed by atoms with Crippen molar-refractivity contribution in [2.24, 2.45) is 4.99 Å². The Labute approximate surface area is 83.8 Å². The molecule has 1 aromatic rings. The number of hydrogen-bond acceptors (Lipinski definition) is 2. The summed E-state index contributed by atoms with van der Waals surface area (Å²) in [5.41, 5.74) is 3.68. The van der Waals surface area contributed by atoms with E-state index in [0.717, 1.165) is 5.56 Å². The van der Waals surface area contributed by atoms with Gasteiger partial charge in [-0.1, -0.05) is 36.3 Å². The van der Waals surface area contributed by atoms with E-state index in [1.807, 2.05) is 30.3 Å². The fourth-order valence-electron chi connectivity index (χ4n) is 0.872. The fourth-order valence-corrected chi connectivity index (χ4v) is 0.872. The van der Waals surface area contributed by atoms with Crippen molar-refractivity contribution in [3.05, 3.63) is 35.9 Å². The van der Waals surface area contributed by atoms with Crippen molar-refractivity contribution >= 4 is 6.34 Å². The van der Waals surface area contributed by atoms with Gasteiger partial charge in [0.15, 0.2) is 0 Å². The van der Waals surface area contributed by atoms with Crippen LogP contribution < -0.4 is 5.48 Å². The molecule has 0 radical (unpaired) electrons. The SMILES string of the molecule is C#CCN=CNOCc1ccccc1. The van der Waals surface area contributed by atoms with Crippen LogP contribution in [0.2, 0.25) is 0 Å². The van der Waals surface area contributed by atoms with Crippen molar-refractivity contribution in [2.75, 3.05) is 6.54 Å². The predicted molar refractivity (Wildman–Crippen MR) is 56.6 cm³/mol. The molecular formula is C11H12N2O. The van der Waals surface area contributed by atoms with Gasteiger partial charge in [-0.05, 0) is 5.56 Å². The summed E-state index contributed by atoms with van der Waals surface area (Å²) < 4.78 is 0. The van der Waals surface area contributed by atoms with Crippen LogP contribution in [0.3, 0.4) is 0 Å². The molecule has 0 aliphatic carbocycles. The van der Waals surface area contributed by atoms with E-state index < -0.39 is 0 Å². The van der Waals surface area contributed by atoms with Crippen molar-refractivity contribution in [1.29, 1.82) is 0 Å². The number of hydrogen-bond donors (Lipinski definition) is 1. The lowest BCUT2D eigenvalue weighted by Gasteiger charge is -2.01. The van der Waals surface area contributed by atoms with Crippen molar-refractivity contribution in [3.63, 3.8) is 0 Å². The van der Waals surface area contributed by atoms with E-state index in [-0.39, 0.29) is 0 Å². The van der Waals surface area contributed by atoms with Gasteiger partial charge in [-0.15, -0.1) is 6.42 Å². The molecule has 0 saturated carbocycles. The highest BCUT2D eigenvalue weighted by molar-refractivity contribution is 5.52. The van der Waals surface area contributed by atoms with Crippen LogP contribution in [-0.2, 0) is 11.4 Å². The van der Waals surface area contributed by atoms with Gasteiger partial charge in [-0.3, -0.25) is 15.3 Å². The molecule has 0 amide bonds. The molecule has 1 rings (SSSR count). The first-order chi connectivity index (χ1) is 6.93. The zero-order valence-electron chi connectivity index (χ0n) is 7.81. The van der Waals surface area contributed by atoms with Crippen LogP contribution >= 0.6 is 0 Å². The van der Waals surface area contributed by atoms with E-state index in [2.05, 4.69) is 16.4 Å². The number of nitrogens with one attached hydrogen (secondary N) is 1. The van der Waals surface area contributed by atoms with Gasteiger partial charge < -0.3 is 0 Å². The average molecular weight is 188 g/mol. The quantitative estimate of drug-likeness (QED) is 0.249. The summed E-state index contributed by atoms with van der Waals surface area (Å²) in [5, 5.41) is 0. The van der Waals surface area contributed by atoms with Gasteiger partial charge in [0, 0.05) is 0 Å². The number of benzene rings is 1. The first-order valence-corrected chi connectivity index (χ1v) is 4.26. The number of rotatable bonds is 5. The highest BCUT2D eigenvalue weighted by atomic mass is 16.6. The molecule has 0 atom stereocenters. The summed E-state index contributed by atoms with van der Waals surface area (Å²) >= 11 is 0. The molecule has 0 fully saturated rings. The monoisotopic (exact) mass is 188 g/mol. The minimum absolute atomic E-state index is 0.363. The van der Waals surface area contributed by atoms with E-state index >= 15 is 0 Å². The Hall–Kier alpha value is -1.79. The molecule has 72 valence electrons. The fraction of sp³-hybridized carbons (Fsp3) is 0.182. The van der Waals surface area contributed by atoms with Crippen LogP contribution in [0.25, 0.3) is 0 Å². The van der Waals surface area contributed by atoms with Gasteiger partial charge >= 0.3 is 0 Å². The standard InChI is InChI=1S/C11H12N2O/c1-2-8-12-10-13-14-9-11-6-4-3-5-7-11/h1,3-7,10H,8-9H2,(H,12,13). The van der Waals surface area contributed by atoms with Gasteiger partial charge in [0.05, 0.1) is 6.61 Å². The molecule has 0 saturated heterocycles. The highest BCUT2D eigenvalue weighted by Crippen LogP contribution is 1.98. The zero-order valence-corrected chi connectivity index (χ0v) is 7.81. The second-order valence-corrected chi connectivity index (χ2v) is 2.57. The lowest BCUT2D eigenvalue weighted by atomic mass is 10.2. The van der Waals surface area contributed by atoms with Crippen LogP contribution in [0, 0.1) is 12.3 Å². The molecular weight excluding hydrogens is 176 g/mol. The predicted octanol–water partition coefficient (Wildman–Crippen LogP) is 1.37. The van der Waals surface area contributed by atoms with Gasteiger partial charge in [0.2, 0.25) is 0 Å². The van der Waals surface area contributed by atoms with Crippen LogP contribution in [-0.4, -0.2) is 12.9 Å². The van der Waals surface area contributed by atoms with E-state index in [0.29, 0.717) is 13.2 Å². The number of hydroxylamine groups is 1. The second kappa shape index (κ2) is 6.70. The first kappa shape index (κ1) is 10.3. The smallest absolute Gasteiger partial charge is 0.108 e. The van der Waals surface area contributed by atoms with Crippen LogP contribution in [0.5, 0.6) is 0 Å². The van der Waals surface area contributed by atoms with E-state index in [1.165, 1.54) is 6.34 Å². The van der Waals surface area contributed by atoms with E-state index in [9.17, 15) is 0 Å². The minimum Gasteiger partial charge on any atom is -0.270 e. The average Bonchev–Trinajstić information content (AvgIpc) is 2.25. The molecule has 1 aromatic carbocycles. The maximum Gasteiger partial charge on any atom is 0.108 e. The lowest BCUT2D eigenvalue weighted by Crippen LogP contribution is -2.11. The zero-order chi connectivity index (χ0) is 10.1. The van der Waals surface area contributed by atoms with Crippen molar-refractivity contribution in [1.82, 2.24) is 5.48 Å². The Bertz CT molecular complexity index is 314. The summed E-state index contributed by atoms with van der Waals surface area (Å²) in [4.78, 5) is 8.92. The van der Waals surface area contributed by atoms with Crippen molar-refractivity contribution in [3.8, 4) is 12.3 Å². The minimum atomic E-state index is 0.363. The molecule has 0 aliphatic heterocycles. The van der Waals surface area contributed by atoms with Gasteiger partial charge in [0.25, 0.3) is 0 Å². The molecule has 0 heterocycles. The first-order valence-electron chi connectivity index (χ1n) is 4.26. The third kappa shape index (κ3) is 4.29. The van der Waals surface area contributed by atoms with Gasteiger partial charge in [-0.2, -0.15) is 0 Å². The Morgan fingerprint density at radius 2 is 2.21 bits per heavy atom. The maximum atomic E-state index is 5.10. The molecule has 0 spiro atoms. The Kier molecular flexibility index (Phi) is 4.92. The third-order valence-electron chi connectivity index (χ3n) is 1.49. The number of nitrogens with zero attached hydrogens (tertiary/aromatic N) is 1. The van der Waals surface area contributed by atoms with Crippen LogP contribution in [0.4, 0.5) is 0 Å². The van der Waals surface area contributed by atoms with Gasteiger partial charge in [0.1, 0.15) is 12.9 Å². The summed E-state index contributed by atoms with van der Waals surface area (Å²) in [6.07, 6.45) is 6.45. The summed E-state index contributed by atoms with van der Waals surface area (Å²) in [5.74, 6) is 2.38. The Morgan fingerprint density at radius 3 is 2.93 bits per heavy atom. The van der Waals surface area contributed by atoms with Crippen molar-refractivity contribution in [2.45, 2.75) is 6.61 Å². The molecule has 0 unspecified atom stereocenters. The molecule has 0 aliphatic rings. The summed E-state index contributed by atoms with van der Waals surface area (Å²) in [7, 11) is 0. The van der Waals surface area contributed by atoms with Crippen molar-refractivity contribution < 1.29 is 4.84 Å². The molecule has 1 N–H and O–H groups in total.